The molecule has 0 bridgehead atoms. The van der Waals surface area contributed by atoms with E-state index in [1.165, 1.54) is 22.4 Å². The maximum Gasteiger partial charge on any atom is 0.124 e. The van der Waals surface area contributed by atoms with Crippen LogP contribution in [0.15, 0.2) is 72.8 Å². The van der Waals surface area contributed by atoms with Crippen LogP contribution < -0.4 is 10.1 Å². The molecule has 3 aromatic carbocycles. The SMILES string of the molecule is Cc1ccc(NCc2ccccc2OCc2ccccc2)c(C)c1. The number of rotatable bonds is 6. The third-order valence-corrected chi connectivity index (χ3v) is 4.06. The van der Waals surface area contributed by atoms with Gasteiger partial charge < -0.3 is 10.1 Å². The molecule has 0 unspecified atom stereocenters. The number of hydrogen-bond acceptors (Lipinski definition) is 2. The van der Waals surface area contributed by atoms with Gasteiger partial charge in [-0.25, -0.2) is 0 Å². The van der Waals surface area contributed by atoms with Crippen molar-refractivity contribution in [3.8, 4) is 5.75 Å². The molecule has 2 nitrogen and oxygen atoms in total. The van der Waals surface area contributed by atoms with Crippen molar-refractivity contribution in [1.29, 1.82) is 0 Å². The Labute approximate surface area is 144 Å². The fourth-order valence-corrected chi connectivity index (χ4v) is 2.73. The van der Waals surface area contributed by atoms with E-state index >= 15 is 0 Å². The fourth-order valence-electron chi connectivity index (χ4n) is 2.73. The molecule has 122 valence electrons. The smallest absolute Gasteiger partial charge is 0.124 e. The summed E-state index contributed by atoms with van der Waals surface area (Å²) in [5.41, 5.74) is 6.05. The van der Waals surface area contributed by atoms with E-state index in [-0.39, 0.29) is 0 Å². The first kappa shape index (κ1) is 16.1. The van der Waals surface area contributed by atoms with E-state index in [9.17, 15) is 0 Å². The predicted molar refractivity (Wildman–Crippen MR) is 100 cm³/mol. The third-order valence-electron chi connectivity index (χ3n) is 4.06. The Balaban J connectivity index is 1.67. The highest BCUT2D eigenvalue weighted by atomic mass is 16.5. The fraction of sp³-hybridized carbons (Fsp3) is 0.182. The highest BCUT2D eigenvalue weighted by molar-refractivity contribution is 5.52. The zero-order valence-corrected chi connectivity index (χ0v) is 14.3. The summed E-state index contributed by atoms with van der Waals surface area (Å²) in [6.45, 7) is 5.58. The van der Waals surface area contributed by atoms with E-state index in [1.54, 1.807) is 0 Å². The van der Waals surface area contributed by atoms with Crippen LogP contribution in [-0.2, 0) is 13.2 Å². The number of para-hydroxylation sites is 1. The second-order valence-corrected chi connectivity index (χ2v) is 6.05. The van der Waals surface area contributed by atoms with Gasteiger partial charge in [0.25, 0.3) is 0 Å². The highest BCUT2D eigenvalue weighted by Crippen LogP contribution is 2.22. The Morgan fingerprint density at radius 1 is 0.833 bits per heavy atom. The van der Waals surface area contributed by atoms with Gasteiger partial charge in [0.15, 0.2) is 0 Å². The minimum atomic E-state index is 0.585. The molecular weight excluding hydrogens is 294 g/mol. The first-order valence-corrected chi connectivity index (χ1v) is 8.28. The lowest BCUT2D eigenvalue weighted by Gasteiger charge is -2.14. The van der Waals surface area contributed by atoms with Gasteiger partial charge in [0.05, 0.1) is 0 Å². The molecule has 0 spiro atoms. The summed E-state index contributed by atoms with van der Waals surface area (Å²) in [6.07, 6.45) is 0. The summed E-state index contributed by atoms with van der Waals surface area (Å²) < 4.78 is 6.02. The van der Waals surface area contributed by atoms with Crippen molar-refractivity contribution >= 4 is 5.69 Å². The van der Waals surface area contributed by atoms with Crippen LogP contribution in [0.2, 0.25) is 0 Å². The first-order chi connectivity index (χ1) is 11.7. The molecule has 2 heteroatoms. The Morgan fingerprint density at radius 2 is 1.58 bits per heavy atom. The number of hydrogen-bond donors (Lipinski definition) is 1. The topological polar surface area (TPSA) is 21.3 Å². The normalized spacial score (nSPS) is 10.4. The van der Waals surface area contributed by atoms with Gasteiger partial charge in [0.2, 0.25) is 0 Å². The van der Waals surface area contributed by atoms with Crippen LogP contribution in [0, 0.1) is 13.8 Å². The van der Waals surface area contributed by atoms with Crippen LogP contribution >= 0.6 is 0 Å². The van der Waals surface area contributed by atoms with Crippen molar-refractivity contribution in [3.05, 3.63) is 95.1 Å². The van der Waals surface area contributed by atoms with Crippen molar-refractivity contribution in [2.24, 2.45) is 0 Å². The summed E-state index contributed by atoms with van der Waals surface area (Å²) in [6, 6.07) is 24.9. The second kappa shape index (κ2) is 7.69. The van der Waals surface area contributed by atoms with Gasteiger partial charge in [-0.15, -0.1) is 0 Å². The lowest BCUT2D eigenvalue weighted by molar-refractivity contribution is 0.303. The standard InChI is InChI=1S/C22H23NO/c1-17-12-13-21(18(2)14-17)23-15-20-10-6-7-11-22(20)24-16-19-8-4-3-5-9-19/h3-14,23H,15-16H2,1-2H3. The van der Waals surface area contributed by atoms with E-state index in [2.05, 4.69) is 55.6 Å². The molecule has 0 aliphatic heterocycles. The van der Waals surface area contributed by atoms with Crippen molar-refractivity contribution < 1.29 is 4.74 Å². The van der Waals surface area contributed by atoms with Crippen LogP contribution in [0.25, 0.3) is 0 Å². The minimum Gasteiger partial charge on any atom is -0.489 e. The average Bonchev–Trinajstić information content (AvgIpc) is 2.61. The molecule has 0 amide bonds. The lowest BCUT2D eigenvalue weighted by atomic mass is 10.1. The molecule has 0 aromatic heterocycles. The van der Waals surface area contributed by atoms with Crippen LogP contribution in [0.1, 0.15) is 22.3 Å². The Kier molecular flexibility index (Phi) is 5.17. The zero-order chi connectivity index (χ0) is 16.8. The number of benzene rings is 3. The summed E-state index contributed by atoms with van der Waals surface area (Å²) in [4.78, 5) is 0. The van der Waals surface area contributed by atoms with Gasteiger partial charge in [0.1, 0.15) is 12.4 Å². The van der Waals surface area contributed by atoms with E-state index < -0.39 is 0 Å². The monoisotopic (exact) mass is 317 g/mol. The van der Waals surface area contributed by atoms with Gasteiger partial charge >= 0.3 is 0 Å². The third kappa shape index (κ3) is 4.17. The van der Waals surface area contributed by atoms with Crippen LogP contribution in [0.3, 0.4) is 0 Å². The summed E-state index contributed by atoms with van der Waals surface area (Å²) in [7, 11) is 0. The summed E-state index contributed by atoms with van der Waals surface area (Å²) >= 11 is 0. The summed E-state index contributed by atoms with van der Waals surface area (Å²) in [5, 5.41) is 3.52. The maximum absolute atomic E-state index is 6.02. The van der Waals surface area contributed by atoms with Gasteiger partial charge in [-0.3, -0.25) is 0 Å². The van der Waals surface area contributed by atoms with E-state index in [1.807, 2.05) is 36.4 Å². The van der Waals surface area contributed by atoms with Gasteiger partial charge in [-0.1, -0.05) is 66.2 Å². The second-order valence-electron chi connectivity index (χ2n) is 6.05. The van der Waals surface area contributed by atoms with Crippen LogP contribution in [0.4, 0.5) is 5.69 Å². The molecule has 24 heavy (non-hydrogen) atoms. The first-order valence-electron chi connectivity index (χ1n) is 8.28. The molecular formula is C22H23NO. The molecule has 0 atom stereocenters. The van der Waals surface area contributed by atoms with Crippen LogP contribution in [-0.4, -0.2) is 0 Å². The van der Waals surface area contributed by atoms with E-state index in [0.29, 0.717) is 6.61 Å². The van der Waals surface area contributed by atoms with Gasteiger partial charge in [-0.2, -0.15) is 0 Å². The Morgan fingerprint density at radius 3 is 2.38 bits per heavy atom. The zero-order valence-electron chi connectivity index (χ0n) is 14.3. The molecule has 0 fully saturated rings. The van der Waals surface area contributed by atoms with Crippen molar-refractivity contribution in [2.45, 2.75) is 27.0 Å². The lowest BCUT2D eigenvalue weighted by Crippen LogP contribution is -2.04. The average molecular weight is 317 g/mol. The van der Waals surface area contributed by atoms with E-state index in [0.717, 1.165) is 17.9 Å². The van der Waals surface area contributed by atoms with Crippen molar-refractivity contribution in [2.75, 3.05) is 5.32 Å². The molecule has 1 N–H and O–H groups in total. The predicted octanol–water partition coefficient (Wildman–Crippen LogP) is 5.49. The maximum atomic E-state index is 6.02. The Bertz CT molecular complexity index is 796. The van der Waals surface area contributed by atoms with Crippen molar-refractivity contribution in [1.82, 2.24) is 0 Å². The number of ether oxygens (including phenoxy) is 1. The molecule has 0 radical (unpaired) electrons. The Hall–Kier alpha value is -2.74. The molecule has 3 rings (SSSR count). The summed E-state index contributed by atoms with van der Waals surface area (Å²) in [5.74, 6) is 0.929. The van der Waals surface area contributed by atoms with Gasteiger partial charge in [0, 0.05) is 17.8 Å². The largest absolute Gasteiger partial charge is 0.489 e. The highest BCUT2D eigenvalue weighted by Gasteiger charge is 2.05. The van der Waals surface area contributed by atoms with Gasteiger partial charge in [-0.05, 0) is 37.1 Å². The number of anilines is 1. The van der Waals surface area contributed by atoms with E-state index in [4.69, 9.17) is 4.74 Å². The number of aryl methyl sites for hydroxylation is 2. The van der Waals surface area contributed by atoms with Crippen LogP contribution in [0.5, 0.6) is 5.75 Å². The minimum absolute atomic E-state index is 0.585. The molecule has 0 aliphatic carbocycles. The molecule has 0 saturated carbocycles. The molecule has 0 aliphatic rings. The molecule has 0 saturated heterocycles. The number of nitrogens with one attached hydrogen (secondary N) is 1. The van der Waals surface area contributed by atoms with Crippen molar-refractivity contribution in [3.63, 3.8) is 0 Å². The molecule has 3 aromatic rings. The quantitative estimate of drug-likeness (QED) is 0.648. The molecule has 0 heterocycles.